The molecule has 68 valence electrons. The fourth-order valence-corrected chi connectivity index (χ4v) is 0.942. The maximum absolute atomic E-state index is 10.4. The lowest BCUT2D eigenvalue weighted by Gasteiger charge is -1.96. The van der Waals surface area contributed by atoms with Gasteiger partial charge in [0.1, 0.15) is 24.0 Å². The Kier molecular flexibility index (Phi) is 2.18. The van der Waals surface area contributed by atoms with Gasteiger partial charge in [-0.15, -0.1) is 10.2 Å². The first-order chi connectivity index (χ1) is 6.90. The van der Waals surface area contributed by atoms with Crippen LogP contribution < -0.4 is 0 Å². The highest BCUT2D eigenvalue weighted by molar-refractivity contribution is 5.73. The van der Waals surface area contributed by atoms with Crippen molar-refractivity contribution in [2.24, 2.45) is 0 Å². The first-order valence-corrected chi connectivity index (χ1v) is 3.80. The van der Waals surface area contributed by atoms with Gasteiger partial charge in [0.05, 0.1) is 11.9 Å². The lowest BCUT2D eigenvalue weighted by atomic mass is 10.3. The van der Waals surface area contributed by atoms with Gasteiger partial charge in [0.15, 0.2) is 6.29 Å². The summed E-state index contributed by atoms with van der Waals surface area (Å²) in [6.45, 7) is 0. The molecule has 0 aliphatic carbocycles. The molecule has 0 aliphatic rings. The van der Waals surface area contributed by atoms with Crippen LogP contribution in [0.5, 0.6) is 0 Å². The molecule has 0 unspecified atom stereocenters. The SMILES string of the molecule is O=Cc1cc(-c2cncnn2)ncn1. The number of carbonyl (C=O) groups excluding carboxylic acids is 1. The topological polar surface area (TPSA) is 81.5 Å². The summed E-state index contributed by atoms with van der Waals surface area (Å²) in [6.07, 6.45) is 4.79. The molecule has 2 aromatic heterocycles. The zero-order chi connectivity index (χ0) is 9.80. The number of hydrogen-bond donors (Lipinski definition) is 0. The first kappa shape index (κ1) is 8.36. The fraction of sp³-hybridized carbons (Fsp3) is 0. The summed E-state index contributed by atoms with van der Waals surface area (Å²) >= 11 is 0. The molecule has 0 aliphatic heterocycles. The van der Waals surface area contributed by atoms with Gasteiger partial charge in [-0.05, 0) is 6.07 Å². The highest BCUT2D eigenvalue weighted by atomic mass is 16.1. The highest BCUT2D eigenvalue weighted by Gasteiger charge is 2.02. The van der Waals surface area contributed by atoms with E-state index in [4.69, 9.17) is 0 Å². The van der Waals surface area contributed by atoms with Crippen molar-refractivity contribution in [2.45, 2.75) is 0 Å². The van der Waals surface area contributed by atoms with E-state index < -0.39 is 0 Å². The number of carbonyl (C=O) groups is 1. The lowest BCUT2D eigenvalue weighted by molar-refractivity contribution is 0.111. The van der Waals surface area contributed by atoms with Gasteiger partial charge in [-0.2, -0.15) is 0 Å². The van der Waals surface area contributed by atoms with Crippen LogP contribution in [0.2, 0.25) is 0 Å². The van der Waals surface area contributed by atoms with Gasteiger partial charge in [0, 0.05) is 0 Å². The minimum atomic E-state index is 0.306. The summed E-state index contributed by atoms with van der Waals surface area (Å²) in [5, 5.41) is 7.41. The Bertz CT molecular complexity index is 444. The summed E-state index contributed by atoms with van der Waals surface area (Å²) in [5.41, 5.74) is 1.35. The summed E-state index contributed by atoms with van der Waals surface area (Å²) in [4.78, 5) is 21.9. The van der Waals surface area contributed by atoms with E-state index in [-0.39, 0.29) is 0 Å². The standard InChI is InChI=1S/C8H5N5O/c14-3-6-1-7(11-5-10-6)8-2-9-4-12-13-8/h1-5H. The van der Waals surface area contributed by atoms with Crippen molar-refractivity contribution in [3.63, 3.8) is 0 Å². The maximum atomic E-state index is 10.4. The van der Waals surface area contributed by atoms with E-state index in [9.17, 15) is 4.79 Å². The number of nitrogens with zero attached hydrogens (tertiary/aromatic N) is 5. The summed E-state index contributed by atoms with van der Waals surface area (Å²) in [7, 11) is 0. The third kappa shape index (κ3) is 1.58. The molecule has 2 rings (SSSR count). The van der Waals surface area contributed by atoms with Crippen molar-refractivity contribution in [1.82, 2.24) is 25.1 Å². The molecule has 6 heteroatoms. The van der Waals surface area contributed by atoms with E-state index in [2.05, 4.69) is 25.1 Å². The highest BCUT2D eigenvalue weighted by Crippen LogP contribution is 2.10. The van der Waals surface area contributed by atoms with Crippen molar-refractivity contribution in [2.75, 3.05) is 0 Å². The molecule has 2 heterocycles. The van der Waals surface area contributed by atoms with E-state index in [1.165, 1.54) is 24.9 Å². The second-order valence-corrected chi connectivity index (χ2v) is 2.44. The van der Waals surface area contributed by atoms with Gasteiger partial charge in [0.25, 0.3) is 0 Å². The second kappa shape index (κ2) is 3.65. The molecule has 0 spiro atoms. The van der Waals surface area contributed by atoms with E-state index in [0.717, 1.165) is 0 Å². The Hall–Kier alpha value is -2.24. The predicted octanol–water partition coefficient (Wildman–Crippen LogP) is 0.141. The summed E-state index contributed by atoms with van der Waals surface area (Å²) < 4.78 is 0. The molecular formula is C8H5N5O. The van der Waals surface area contributed by atoms with Gasteiger partial charge >= 0.3 is 0 Å². The average Bonchev–Trinajstić information content (AvgIpc) is 2.30. The third-order valence-electron chi connectivity index (χ3n) is 1.55. The van der Waals surface area contributed by atoms with Gasteiger partial charge in [-0.3, -0.25) is 4.79 Å². The van der Waals surface area contributed by atoms with Crippen LogP contribution in [0.25, 0.3) is 11.4 Å². The molecule has 0 amide bonds. The van der Waals surface area contributed by atoms with Crippen LogP contribution in [-0.2, 0) is 0 Å². The molecule has 6 nitrogen and oxygen atoms in total. The molecule has 0 bridgehead atoms. The largest absolute Gasteiger partial charge is 0.296 e. The number of aromatic nitrogens is 5. The molecule has 0 atom stereocenters. The monoisotopic (exact) mass is 187 g/mol. The molecule has 0 fully saturated rings. The van der Waals surface area contributed by atoms with Crippen molar-refractivity contribution in [1.29, 1.82) is 0 Å². The lowest BCUT2D eigenvalue weighted by Crippen LogP contribution is -1.94. The van der Waals surface area contributed by atoms with Gasteiger partial charge in [0.2, 0.25) is 0 Å². The Morgan fingerprint density at radius 2 is 2.07 bits per heavy atom. The minimum Gasteiger partial charge on any atom is -0.296 e. The van der Waals surface area contributed by atoms with Crippen molar-refractivity contribution < 1.29 is 4.79 Å². The predicted molar refractivity (Wildman–Crippen MR) is 46.2 cm³/mol. The maximum Gasteiger partial charge on any atom is 0.168 e. The Morgan fingerprint density at radius 3 is 2.79 bits per heavy atom. The second-order valence-electron chi connectivity index (χ2n) is 2.44. The Balaban J connectivity index is 2.47. The molecular weight excluding hydrogens is 182 g/mol. The van der Waals surface area contributed by atoms with Crippen LogP contribution >= 0.6 is 0 Å². The summed E-state index contributed by atoms with van der Waals surface area (Å²) in [5.74, 6) is 0. The molecule has 14 heavy (non-hydrogen) atoms. The molecule has 0 saturated carbocycles. The van der Waals surface area contributed by atoms with Gasteiger partial charge in [-0.25, -0.2) is 15.0 Å². The van der Waals surface area contributed by atoms with Crippen LogP contribution in [0.3, 0.4) is 0 Å². The van der Waals surface area contributed by atoms with Crippen LogP contribution in [-0.4, -0.2) is 31.4 Å². The van der Waals surface area contributed by atoms with Gasteiger partial charge in [-0.1, -0.05) is 0 Å². The molecule has 0 aromatic carbocycles. The van der Waals surface area contributed by atoms with Crippen molar-refractivity contribution in [3.05, 3.63) is 30.6 Å². The third-order valence-corrected chi connectivity index (χ3v) is 1.55. The first-order valence-electron chi connectivity index (χ1n) is 3.80. The van der Waals surface area contributed by atoms with E-state index in [0.29, 0.717) is 23.4 Å². The number of aldehydes is 1. The zero-order valence-electron chi connectivity index (χ0n) is 7.03. The smallest absolute Gasteiger partial charge is 0.168 e. The summed E-state index contributed by atoms with van der Waals surface area (Å²) in [6, 6.07) is 1.53. The Labute approximate surface area is 79.1 Å². The van der Waals surface area contributed by atoms with Crippen molar-refractivity contribution >= 4 is 6.29 Å². The molecule has 0 saturated heterocycles. The van der Waals surface area contributed by atoms with E-state index >= 15 is 0 Å². The van der Waals surface area contributed by atoms with Crippen LogP contribution in [0, 0.1) is 0 Å². The quantitative estimate of drug-likeness (QED) is 0.622. The number of rotatable bonds is 2. The fourth-order valence-electron chi connectivity index (χ4n) is 0.942. The normalized spacial score (nSPS) is 9.71. The van der Waals surface area contributed by atoms with E-state index in [1.807, 2.05) is 0 Å². The average molecular weight is 187 g/mol. The van der Waals surface area contributed by atoms with E-state index in [1.54, 1.807) is 0 Å². The molecule has 2 aromatic rings. The van der Waals surface area contributed by atoms with Crippen LogP contribution in [0.1, 0.15) is 10.5 Å². The van der Waals surface area contributed by atoms with Crippen LogP contribution in [0.15, 0.2) is 24.9 Å². The molecule has 0 N–H and O–H groups in total. The van der Waals surface area contributed by atoms with Gasteiger partial charge < -0.3 is 0 Å². The molecule has 0 radical (unpaired) electrons. The van der Waals surface area contributed by atoms with Crippen LogP contribution in [0.4, 0.5) is 0 Å². The van der Waals surface area contributed by atoms with Crippen molar-refractivity contribution in [3.8, 4) is 11.4 Å². The minimum absolute atomic E-state index is 0.306. The zero-order valence-corrected chi connectivity index (χ0v) is 7.03. The Morgan fingerprint density at radius 1 is 1.14 bits per heavy atom. The number of hydrogen-bond acceptors (Lipinski definition) is 6.